The van der Waals surface area contributed by atoms with Gasteiger partial charge in [0.25, 0.3) is 0 Å². The summed E-state index contributed by atoms with van der Waals surface area (Å²) < 4.78 is 5.23. The number of nitrogens with zero attached hydrogens (tertiary/aromatic N) is 1. The highest BCUT2D eigenvalue weighted by molar-refractivity contribution is 5.18. The number of hydrogen-bond donors (Lipinski definition) is 2. The van der Waals surface area contributed by atoms with E-state index in [0.29, 0.717) is 11.5 Å². The lowest BCUT2D eigenvalue weighted by Crippen LogP contribution is -2.47. The molecule has 0 spiro atoms. The maximum absolute atomic E-state index is 5.23. The van der Waals surface area contributed by atoms with E-state index in [1.165, 1.54) is 5.56 Å². The topological polar surface area (TPSA) is 49.9 Å². The van der Waals surface area contributed by atoms with E-state index in [1.807, 2.05) is 6.20 Å². The van der Waals surface area contributed by atoms with Crippen molar-refractivity contribution in [3.8, 4) is 0 Å². The van der Waals surface area contributed by atoms with E-state index in [1.54, 1.807) is 0 Å². The van der Waals surface area contributed by atoms with Crippen LogP contribution in [-0.2, 0) is 4.74 Å². The molecule has 0 aromatic carbocycles. The zero-order valence-electron chi connectivity index (χ0n) is 9.63. The summed E-state index contributed by atoms with van der Waals surface area (Å²) in [6.45, 7) is 9.21. The lowest BCUT2D eigenvalue weighted by molar-refractivity contribution is -0.0999. The highest BCUT2D eigenvalue weighted by Gasteiger charge is 2.33. The van der Waals surface area contributed by atoms with Gasteiger partial charge in [0.05, 0.1) is 19.4 Å². The Morgan fingerprint density at radius 2 is 2.40 bits per heavy atom. The molecule has 15 heavy (non-hydrogen) atoms. The van der Waals surface area contributed by atoms with E-state index >= 15 is 0 Å². The molecule has 1 aliphatic heterocycles. The van der Waals surface area contributed by atoms with Crippen LogP contribution in [0.2, 0.25) is 0 Å². The minimum Gasteiger partial charge on any atom is -0.380 e. The Hall–Kier alpha value is -0.870. The molecule has 1 saturated heterocycles. The van der Waals surface area contributed by atoms with Gasteiger partial charge in [-0.05, 0) is 13.8 Å². The predicted octanol–water partition coefficient (Wildman–Crippen LogP) is 1.41. The maximum Gasteiger partial charge on any atom is 0.0554 e. The van der Waals surface area contributed by atoms with Gasteiger partial charge in [0.15, 0.2) is 0 Å². The van der Waals surface area contributed by atoms with Crippen molar-refractivity contribution in [2.24, 2.45) is 5.41 Å². The van der Waals surface area contributed by atoms with Crippen LogP contribution in [0.4, 0.5) is 0 Å². The molecule has 0 amide bonds. The molecule has 1 aromatic rings. The van der Waals surface area contributed by atoms with Crippen LogP contribution in [0.1, 0.15) is 31.1 Å². The smallest absolute Gasteiger partial charge is 0.0554 e. The standard InChI is InChI=1S/C11H19N3O/c1-8(10-4-13-14-9(10)2)12-5-11(3)6-15-7-11/h4,8,12H,5-7H2,1-3H3,(H,13,14). The number of rotatable bonds is 4. The van der Waals surface area contributed by atoms with Crippen LogP contribution in [0.5, 0.6) is 0 Å². The molecular weight excluding hydrogens is 190 g/mol. The molecule has 1 unspecified atom stereocenters. The van der Waals surface area contributed by atoms with Gasteiger partial charge in [-0.1, -0.05) is 6.92 Å². The molecule has 4 nitrogen and oxygen atoms in total. The number of aromatic nitrogens is 2. The molecule has 0 aliphatic carbocycles. The van der Waals surface area contributed by atoms with Crippen molar-refractivity contribution in [2.45, 2.75) is 26.8 Å². The first-order valence-corrected chi connectivity index (χ1v) is 5.42. The monoisotopic (exact) mass is 209 g/mol. The van der Waals surface area contributed by atoms with Crippen molar-refractivity contribution in [2.75, 3.05) is 19.8 Å². The molecule has 4 heteroatoms. The Morgan fingerprint density at radius 1 is 1.67 bits per heavy atom. The number of aryl methyl sites for hydroxylation is 1. The summed E-state index contributed by atoms with van der Waals surface area (Å²) in [6.07, 6.45) is 1.90. The number of nitrogens with one attached hydrogen (secondary N) is 2. The Morgan fingerprint density at radius 3 is 2.87 bits per heavy atom. The molecule has 2 rings (SSSR count). The van der Waals surface area contributed by atoms with Crippen LogP contribution in [0.25, 0.3) is 0 Å². The van der Waals surface area contributed by atoms with Gasteiger partial charge in [-0.15, -0.1) is 0 Å². The predicted molar refractivity (Wildman–Crippen MR) is 58.7 cm³/mol. The first kappa shape index (κ1) is 10.6. The van der Waals surface area contributed by atoms with Crippen molar-refractivity contribution < 1.29 is 4.74 Å². The Bertz CT molecular complexity index is 330. The van der Waals surface area contributed by atoms with Gasteiger partial charge in [-0.25, -0.2) is 0 Å². The Balaban J connectivity index is 1.87. The van der Waals surface area contributed by atoms with Gasteiger partial charge in [0, 0.05) is 29.3 Å². The van der Waals surface area contributed by atoms with Gasteiger partial charge >= 0.3 is 0 Å². The Labute approximate surface area is 90.4 Å². The third kappa shape index (κ3) is 2.21. The maximum atomic E-state index is 5.23. The van der Waals surface area contributed by atoms with E-state index in [0.717, 1.165) is 25.5 Å². The Kier molecular flexibility index (Phi) is 2.80. The zero-order chi connectivity index (χ0) is 10.9. The molecule has 1 aliphatic rings. The molecule has 1 atom stereocenters. The van der Waals surface area contributed by atoms with Gasteiger partial charge < -0.3 is 10.1 Å². The van der Waals surface area contributed by atoms with Crippen molar-refractivity contribution in [1.29, 1.82) is 0 Å². The second-order valence-electron chi connectivity index (χ2n) is 4.86. The summed E-state index contributed by atoms with van der Waals surface area (Å²) in [5.74, 6) is 0. The van der Waals surface area contributed by atoms with Gasteiger partial charge in [-0.3, -0.25) is 5.10 Å². The van der Waals surface area contributed by atoms with Crippen LogP contribution in [0, 0.1) is 12.3 Å². The van der Waals surface area contributed by atoms with Crippen LogP contribution in [0.3, 0.4) is 0 Å². The van der Waals surface area contributed by atoms with Crippen LogP contribution in [0.15, 0.2) is 6.20 Å². The number of H-pyrrole nitrogens is 1. The second kappa shape index (κ2) is 3.94. The molecule has 84 valence electrons. The van der Waals surface area contributed by atoms with E-state index in [9.17, 15) is 0 Å². The molecule has 1 fully saturated rings. The molecule has 2 N–H and O–H groups in total. The summed E-state index contributed by atoms with van der Waals surface area (Å²) in [5, 5.41) is 10.5. The van der Waals surface area contributed by atoms with Crippen molar-refractivity contribution in [3.63, 3.8) is 0 Å². The highest BCUT2D eigenvalue weighted by Crippen LogP contribution is 2.26. The number of ether oxygens (including phenoxy) is 1. The minimum atomic E-state index is 0.325. The van der Waals surface area contributed by atoms with Crippen LogP contribution >= 0.6 is 0 Å². The molecular formula is C11H19N3O. The fourth-order valence-corrected chi connectivity index (χ4v) is 1.86. The van der Waals surface area contributed by atoms with E-state index < -0.39 is 0 Å². The van der Waals surface area contributed by atoms with Gasteiger partial charge in [0.2, 0.25) is 0 Å². The van der Waals surface area contributed by atoms with Gasteiger partial charge in [-0.2, -0.15) is 5.10 Å². The normalized spacial score (nSPS) is 21.0. The quantitative estimate of drug-likeness (QED) is 0.788. The fourth-order valence-electron chi connectivity index (χ4n) is 1.86. The van der Waals surface area contributed by atoms with Crippen molar-refractivity contribution in [1.82, 2.24) is 15.5 Å². The fraction of sp³-hybridized carbons (Fsp3) is 0.727. The molecule has 0 saturated carbocycles. The summed E-state index contributed by atoms with van der Waals surface area (Å²) in [6, 6.07) is 0.348. The average molecular weight is 209 g/mol. The first-order chi connectivity index (χ1) is 7.11. The summed E-state index contributed by atoms with van der Waals surface area (Å²) in [7, 11) is 0. The van der Waals surface area contributed by atoms with E-state index in [-0.39, 0.29) is 0 Å². The van der Waals surface area contributed by atoms with E-state index in [4.69, 9.17) is 4.74 Å². The molecule has 0 radical (unpaired) electrons. The van der Waals surface area contributed by atoms with E-state index in [2.05, 4.69) is 36.3 Å². The lowest BCUT2D eigenvalue weighted by atomic mass is 9.88. The summed E-state index contributed by atoms with van der Waals surface area (Å²) in [4.78, 5) is 0. The van der Waals surface area contributed by atoms with Crippen LogP contribution in [-0.4, -0.2) is 30.0 Å². The number of hydrogen-bond acceptors (Lipinski definition) is 3. The number of aromatic amines is 1. The third-order valence-corrected chi connectivity index (χ3v) is 3.07. The molecule has 0 bridgehead atoms. The average Bonchev–Trinajstić information content (AvgIpc) is 2.58. The van der Waals surface area contributed by atoms with Crippen LogP contribution < -0.4 is 5.32 Å². The lowest BCUT2D eigenvalue weighted by Gasteiger charge is -2.39. The summed E-state index contributed by atoms with van der Waals surface area (Å²) >= 11 is 0. The van der Waals surface area contributed by atoms with Gasteiger partial charge in [0.1, 0.15) is 0 Å². The summed E-state index contributed by atoms with van der Waals surface area (Å²) in [5.41, 5.74) is 2.72. The van der Waals surface area contributed by atoms with Crippen molar-refractivity contribution >= 4 is 0 Å². The molecule has 1 aromatic heterocycles. The largest absolute Gasteiger partial charge is 0.380 e. The SMILES string of the molecule is Cc1[nH]ncc1C(C)NCC1(C)COC1. The first-order valence-electron chi connectivity index (χ1n) is 5.42. The molecule has 2 heterocycles. The zero-order valence-corrected chi connectivity index (χ0v) is 9.63. The third-order valence-electron chi connectivity index (χ3n) is 3.07. The second-order valence-corrected chi connectivity index (χ2v) is 4.86. The minimum absolute atomic E-state index is 0.325. The highest BCUT2D eigenvalue weighted by atomic mass is 16.5. The van der Waals surface area contributed by atoms with Crippen molar-refractivity contribution in [3.05, 3.63) is 17.5 Å².